The van der Waals surface area contributed by atoms with Crippen molar-refractivity contribution in [3.63, 3.8) is 0 Å². The van der Waals surface area contributed by atoms with E-state index in [0.29, 0.717) is 35.6 Å². The van der Waals surface area contributed by atoms with Gasteiger partial charge in [0.25, 0.3) is 0 Å². The fourth-order valence-corrected chi connectivity index (χ4v) is 4.00. The van der Waals surface area contributed by atoms with Crippen LogP contribution >= 0.6 is 0 Å². The van der Waals surface area contributed by atoms with E-state index < -0.39 is 0 Å². The molecular weight excluding hydrogens is 362 g/mol. The lowest BCUT2D eigenvalue weighted by molar-refractivity contribution is 0.0890. The van der Waals surface area contributed by atoms with Crippen LogP contribution in [-0.2, 0) is 13.1 Å². The zero-order valence-electron chi connectivity index (χ0n) is 16.2. The summed E-state index contributed by atoms with van der Waals surface area (Å²) in [5.41, 5.74) is 4.28. The molecule has 4 nitrogen and oxygen atoms in total. The molecule has 1 aliphatic heterocycles. The van der Waals surface area contributed by atoms with Crippen LogP contribution in [0.4, 0.5) is 0 Å². The van der Waals surface area contributed by atoms with E-state index in [1.807, 2.05) is 67.6 Å². The zero-order chi connectivity index (χ0) is 19.8. The van der Waals surface area contributed by atoms with E-state index in [-0.39, 0.29) is 5.43 Å². The normalized spacial score (nSPS) is 13.8. The van der Waals surface area contributed by atoms with E-state index in [1.54, 1.807) is 0 Å². The first-order chi connectivity index (χ1) is 14.2. The maximum Gasteiger partial charge on any atom is 0.200 e. The summed E-state index contributed by atoms with van der Waals surface area (Å²) in [7, 11) is 0. The van der Waals surface area contributed by atoms with Crippen LogP contribution in [-0.4, -0.2) is 11.6 Å². The van der Waals surface area contributed by atoms with Crippen molar-refractivity contribution in [2.45, 2.75) is 20.0 Å². The predicted molar refractivity (Wildman–Crippen MR) is 114 cm³/mol. The molecule has 29 heavy (non-hydrogen) atoms. The molecule has 0 unspecified atom stereocenters. The Morgan fingerprint density at radius 1 is 0.931 bits per heavy atom. The van der Waals surface area contributed by atoms with Crippen LogP contribution in [0.2, 0.25) is 0 Å². The summed E-state index contributed by atoms with van der Waals surface area (Å²) in [6, 6.07) is 23.7. The van der Waals surface area contributed by atoms with Gasteiger partial charge < -0.3 is 9.15 Å². The fraction of sp³-hybridized carbons (Fsp3) is 0.160. The second kappa shape index (κ2) is 7.22. The monoisotopic (exact) mass is 383 g/mol. The highest BCUT2D eigenvalue weighted by atomic mass is 16.5. The molecule has 0 N–H and O–H groups in total. The Hall–Kier alpha value is -3.37. The van der Waals surface area contributed by atoms with E-state index in [9.17, 15) is 4.79 Å². The molecule has 0 amide bonds. The molecule has 0 radical (unpaired) electrons. The molecule has 4 aromatic rings. The summed E-state index contributed by atoms with van der Waals surface area (Å²) >= 11 is 0. The molecule has 144 valence electrons. The third kappa shape index (κ3) is 3.22. The van der Waals surface area contributed by atoms with Gasteiger partial charge in [0.05, 0.1) is 16.5 Å². The Kier molecular flexibility index (Phi) is 4.41. The Morgan fingerprint density at radius 2 is 1.66 bits per heavy atom. The van der Waals surface area contributed by atoms with Crippen molar-refractivity contribution in [2.75, 3.05) is 6.73 Å². The van der Waals surface area contributed by atoms with Gasteiger partial charge >= 0.3 is 0 Å². The van der Waals surface area contributed by atoms with E-state index in [0.717, 1.165) is 23.4 Å². The number of aryl methyl sites for hydroxylation is 1. The maximum absolute atomic E-state index is 13.3. The number of nitrogens with zero attached hydrogens (tertiary/aromatic N) is 1. The highest BCUT2D eigenvalue weighted by molar-refractivity contribution is 5.86. The molecule has 0 saturated heterocycles. The van der Waals surface area contributed by atoms with E-state index >= 15 is 0 Å². The van der Waals surface area contributed by atoms with Gasteiger partial charge in [0.15, 0.2) is 0 Å². The molecule has 0 aliphatic carbocycles. The lowest BCUT2D eigenvalue weighted by Crippen LogP contribution is -2.31. The Balaban J connectivity index is 1.58. The highest BCUT2D eigenvalue weighted by Gasteiger charge is 2.24. The molecule has 0 bridgehead atoms. The summed E-state index contributed by atoms with van der Waals surface area (Å²) in [6.45, 7) is 3.82. The van der Waals surface area contributed by atoms with Gasteiger partial charge in [-0.2, -0.15) is 0 Å². The lowest BCUT2D eigenvalue weighted by Gasteiger charge is -2.29. The smallest absolute Gasteiger partial charge is 0.200 e. The van der Waals surface area contributed by atoms with Gasteiger partial charge in [-0.3, -0.25) is 9.69 Å². The van der Waals surface area contributed by atoms with Crippen LogP contribution in [0.15, 0.2) is 82.0 Å². The molecule has 0 spiro atoms. The zero-order valence-corrected chi connectivity index (χ0v) is 16.2. The molecule has 0 saturated carbocycles. The number of benzene rings is 3. The first-order valence-corrected chi connectivity index (χ1v) is 9.74. The molecule has 0 fully saturated rings. The van der Waals surface area contributed by atoms with Gasteiger partial charge in [-0.25, -0.2) is 0 Å². The second-order valence-corrected chi connectivity index (χ2v) is 7.39. The first-order valence-electron chi connectivity index (χ1n) is 9.74. The van der Waals surface area contributed by atoms with Crippen molar-refractivity contribution in [1.29, 1.82) is 0 Å². The van der Waals surface area contributed by atoms with Crippen LogP contribution in [0.5, 0.6) is 5.75 Å². The maximum atomic E-state index is 13.3. The molecule has 4 heteroatoms. The molecular formula is C25H21NO3. The Bertz CT molecular complexity index is 1230. The quantitative estimate of drug-likeness (QED) is 0.492. The summed E-state index contributed by atoms with van der Waals surface area (Å²) in [6.07, 6.45) is 0. The van der Waals surface area contributed by atoms with Crippen LogP contribution in [0.25, 0.3) is 22.1 Å². The first kappa shape index (κ1) is 17.7. The van der Waals surface area contributed by atoms with Crippen molar-refractivity contribution in [3.8, 4) is 16.9 Å². The molecule has 1 aromatic heterocycles. The summed E-state index contributed by atoms with van der Waals surface area (Å²) in [4.78, 5) is 15.5. The molecule has 2 heterocycles. The number of rotatable bonds is 3. The Morgan fingerprint density at radius 3 is 2.41 bits per heavy atom. The van der Waals surface area contributed by atoms with E-state index in [1.165, 1.54) is 5.56 Å². The standard InChI is InChI=1S/C25H21NO3/c1-17-23(19-10-6-3-7-11-19)24(27)20-12-13-22-21(25(20)29-17)15-26(16-28-22)14-18-8-4-2-5-9-18/h2-13H,14-16H2,1H3. The number of ether oxygens (including phenoxy) is 1. The number of hydrogen-bond acceptors (Lipinski definition) is 4. The highest BCUT2D eigenvalue weighted by Crippen LogP contribution is 2.34. The molecule has 3 aromatic carbocycles. The minimum atomic E-state index is -0.00191. The minimum absolute atomic E-state index is 0.00191. The molecule has 1 aliphatic rings. The Labute approximate surface area is 169 Å². The third-order valence-electron chi connectivity index (χ3n) is 5.39. The summed E-state index contributed by atoms with van der Waals surface area (Å²) in [5, 5.41) is 0.596. The van der Waals surface area contributed by atoms with Gasteiger partial charge in [-0.05, 0) is 30.2 Å². The second-order valence-electron chi connectivity index (χ2n) is 7.39. The van der Waals surface area contributed by atoms with Crippen molar-refractivity contribution in [3.05, 3.63) is 99.9 Å². The van der Waals surface area contributed by atoms with Crippen LogP contribution in [0.3, 0.4) is 0 Å². The lowest BCUT2D eigenvalue weighted by atomic mass is 10.0. The van der Waals surface area contributed by atoms with Gasteiger partial charge in [-0.1, -0.05) is 60.7 Å². The van der Waals surface area contributed by atoms with Gasteiger partial charge in [-0.15, -0.1) is 0 Å². The van der Waals surface area contributed by atoms with Crippen LogP contribution in [0.1, 0.15) is 16.9 Å². The van der Waals surface area contributed by atoms with E-state index in [4.69, 9.17) is 9.15 Å². The van der Waals surface area contributed by atoms with Gasteiger partial charge in [0.2, 0.25) is 5.43 Å². The van der Waals surface area contributed by atoms with Crippen molar-refractivity contribution in [1.82, 2.24) is 4.90 Å². The SMILES string of the molecule is Cc1oc2c3c(ccc2c(=O)c1-c1ccccc1)OCN(Cc1ccccc1)C3. The van der Waals surface area contributed by atoms with E-state index in [2.05, 4.69) is 17.0 Å². The van der Waals surface area contributed by atoms with Crippen LogP contribution < -0.4 is 10.2 Å². The fourth-order valence-electron chi connectivity index (χ4n) is 4.00. The third-order valence-corrected chi connectivity index (χ3v) is 5.39. The predicted octanol–water partition coefficient (Wildman–Crippen LogP) is 5.12. The number of hydrogen-bond donors (Lipinski definition) is 0. The van der Waals surface area contributed by atoms with Crippen molar-refractivity contribution in [2.24, 2.45) is 0 Å². The largest absolute Gasteiger partial charge is 0.478 e. The average Bonchev–Trinajstić information content (AvgIpc) is 2.75. The van der Waals surface area contributed by atoms with Crippen LogP contribution in [0, 0.1) is 6.92 Å². The summed E-state index contributed by atoms with van der Waals surface area (Å²) in [5.74, 6) is 1.42. The van der Waals surface area contributed by atoms with Crippen molar-refractivity contribution >= 4 is 11.0 Å². The van der Waals surface area contributed by atoms with Gasteiger partial charge in [0, 0.05) is 13.1 Å². The molecule has 5 rings (SSSR count). The number of fused-ring (bicyclic) bond motifs is 3. The molecule has 0 atom stereocenters. The van der Waals surface area contributed by atoms with Gasteiger partial charge in [0.1, 0.15) is 23.8 Å². The average molecular weight is 383 g/mol. The summed E-state index contributed by atoms with van der Waals surface area (Å²) < 4.78 is 12.2. The topological polar surface area (TPSA) is 42.7 Å². The van der Waals surface area contributed by atoms with Crippen molar-refractivity contribution < 1.29 is 9.15 Å². The minimum Gasteiger partial charge on any atom is -0.478 e.